The van der Waals surface area contributed by atoms with Crippen molar-refractivity contribution in [2.45, 2.75) is 43.0 Å². The minimum absolute atomic E-state index is 0.808. The molecule has 0 saturated heterocycles. The van der Waals surface area contributed by atoms with Gasteiger partial charge in [0.15, 0.2) is 4.34 Å². The molecule has 0 saturated carbocycles. The maximum Gasteiger partial charge on any atom is 0.176 e. The van der Waals surface area contributed by atoms with Gasteiger partial charge in [0, 0.05) is 19.0 Å². The van der Waals surface area contributed by atoms with E-state index in [4.69, 9.17) is 0 Å². The van der Waals surface area contributed by atoms with Crippen molar-refractivity contribution < 1.29 is 0 Å². The second-order valence-corrected chi connectivity index (χ2v) is 6.02. The van der Waals surface area contributed by atoms with Gasteiger partial charge in [0.1, 0.15) is 22.5 Å². The first-order chi connectivity index (χ1) is 9.21. The molecule has 0 aliphatic heterocycles. The van der Waals surface area contributed by atoms with Crippen LogP contribution in [0.1, 0.15) is 31.9 Å². The van der Waals surface area contributed by atoms with Crippen molar-refractivity contribution in [1.29, 1.82) is 0 Å². The van der Waals surface area contributed by atoms with E-state index in [2.05, 4.69) is 38.5 Å². The zero-order valence-corrected chi connectivity index (χ0v) is 12.9. The predicted octanol–water partition coefficient (Wildman–Crippen LogP) is 3.17. The SMILES string of the molecule is CCCc1nc(NCC)cc(Sc2nc(C)ns2)n1. The van der Waals surface area contributed by atoms with Crippen LogP contribution in [0.2, 0.25) is 0 Å². The number of hydrogen-bond donors (Lipinski definition) is 1. The van der Waals surface area contributed by atoms with Gasteiger partial charge in [0.05, 0.1) is 0 Å². The Morgan fingerprint density at radius 2 is 2.11 bits per heavy atom. The summed E-state index contributed by atoms with van der Waals surface area (Å²) in [6, 6.07) is 1.96. The highest BCUT2D eigenvalue weighted by Gasteiger charge is 2.08. The molecule has 2 rings (SSSR count). The van der Waals surface area contributed by atoms with Crippen molar-refractivity contribution in [3.8, 4) is 0 Å². The van der Waals surface area contributed by atoms with E-state index in [1.165, 1.54) is 11.5 Å². The Bertz CT molecular complexity index is 516. The van der Waals surface area contributed by atoms with Gasteiger partial charge in [0.25, 0.3) is 0 Å². The lowest BCUT2D eigenvalue weighted by Crippen LogP contribution is -2.04. The van der Waals surface area contributed by atoms with Crippen LogP contribution in [0.25, 0.3) is 0 Å². The lowest BCUT2D eigenvalue weighted by molar-refractivity contribution is 0.810. The minimum atomic E-state index is 0.808. The third-order valence-corrected chi connectivity index (χ3v) is 4.04. The zero-order chi connectivity index (χ0) is 13.7. The topological polar surface area (TPSA) is 63.6 Å². The monoisotopic (exact) mass is 295 g/mol. The summed E-state index contributed by atoms with van der Waals surface area (Å²) < 4.78 is 5.10. The van der Waals surface area contributed by atoms with Gasteiger partial charge in [-0.1, -0.05) is 6.92 Å². The Balaban J connectivity index is 2.22. The van der Waals surface area contributed by atoms with Gasteiger partial charge in [-0.3, -0.25) is 0 Å². The van der Waals surface area contributed by atoms with Crippen molar-refractivity contribution in [1.82, 2.24) is 19.3 Å². The van der Waals surface area contributed by atoms with Crippen molar-refractivity contribution in [3.63, 3.8) is 0 Å². The van der Waals surface area contributed by atoms with Crippen LogP contribution in [0, 0.1) is 6.92 Å². The molecule has 0 aliphatic carbocycles. The summed E-state index contributed by atoms with van der Waals surface area (Å²) in [6.45, 7) is 6.93. The van der Waals surface area contributed by atoms with Crippen LogP contribution in [0.15, 0.2) is 15.4 Å². The molecule has 102 valence electrons. The first kappa shape index (κ1) is 14.2. The number of aryl methyl sites for hydroxylation is 2. The summed E-state index contributed by atoms with van der Waals surface area (Å²) >= 11 is 2.95. The third-order valence-electron chi connectivity index (χ3n) is 2.28. The highest BCUT2D eigenvalue weighted by Crippen LogP contribution is 2.28. The lowest BCUT2D eigenvalue weighted by Gasteiger charge is -2.07. The Morgan fingerprint density at radius 3 is 2.74 bits per heavy atom. The Morgan fingerprint density at radius 1 is 1.26 bits per heavy atom. The van der Waals surface area contributed by atoms with Crippen LogP contribution >= 0.6 is 23.3 Å². The summed E-state index contributed by atoms with van der Waals surface area (Å²) in [6.07, 6.45) is 1.93. The number of nitrogens with one attached hydrogen (secondary N) is 1. The molecule has 7 heteroatoms. The molecule has 0 fully saturated rings. The molecule has 19 heavy (non-hydrogen) atoms. The number of rotatable bonds is 6. The average Bonchev–Trinajstić information content (AvgIpc) is 2.75. The summed E-state index contributed by atoms with van der Waals surface area (Å²) in [5.41, 5.74) is 0. The molecule has 5 nitrogen and oxygen atoms in total. The first-order valence-electron chi connectivity index (χ1n) is 6.31. The minimum Gasteiger partial charge on any atom is -0.370 e. The fraction of sp³-hybridized carbons (Fsp3) is 0.500. The molecule has 0 unspecified atom stereocenters. The summed E-state index contributed by atoms with van der Waals surface area (Å²) in [5, 5.41) is 4.16. The summed E-state index contributed by atoms with van der Waals surface area (Å²) in [5.74, 6) is 2.57. The highest BCUT2D eigenvalue weighted by atomic mass is 32.2. The zero-order valence-electron chi connectivity index (χ0n) is 11.3. The molecule has 0 bridgehead atoms. The van der Waals surface area contributed by atoms with Crippen LogP contribution in [0.5, 0.6) is 0 Å². The van der Waals surface area contributed by atoms with E-state index in [-0.39, 0.29) is 0 Å². The van der Waals surface area contributed by atoms with Gasteiger partial charge >= 0.3 is 0 Å². The van der Waals surface area contributed by atoms with Crippen molar-refractivity contribution in [2.75, 3.05) is 11.9 Å². The molecular formula is C12H17N5S2. The van der Waals surface area contributed by atoms with Gasteiger partial charge in [-0.2, -0.15) is 4.37 Å². The normalized spacial score (nSPS) is 10.7. The van der Waals surface area contributed by atoms with Gasteiger partial charge < -0.3 is 5.32 Å². The van der Waals surface area contributed by atoms with E-state index in [0.29, 0.717) is 0 Å². The van der Waals surface area contributed by atoms with E-state index in [9.17, 15) is 0 Å². The number of hydrogen-bond acceptors (Lipinski definition) is 7. The van der Waals surface area contributed by atoms with Gasteiger partial charge in [-0.05, 0) is 43.6 Å². The van der Waals surface area contributed by atoms with Crippen LogP contribution in [0.4, 0.5) is 5.82 Å². The van der Waals surface area contributed by atoms with E-state index >= 15 is 0 Å². The van der Waals surface area contributed by atoms with Crippen LogP contribution in [-0.4, -0.2) is 25.9 Å². The van der Waals surface area contributed by atoms with Gasteiger partial charge in [-0.25, -0.2) is 15.0 Å². The quantitative estimate of drug-likeness (QED) is 0.826. The van der Waals surface area contributed by atoms with Crippen LogP contribution in [-0.2, 0) is 6.42 Å². The number of aromatic nitrogens is 4. The van der Waals surface area contributed by atoms with Crippen LogP contribution < -0.4 is 5.32 Å². The Labute approximate surface area is 121 Å². The predicted molar refractivity (Wildman–Crippen MR) is 79.0 cm³/mol. The molecule has 0 aromatic carbocycles. The summed E-state index contributed by atoms with van der Waals surface area (Å²) in [4.78, 5) is 13.4. The molecule has 0 atom stereocenters. The second kappa shape index (κ2) is 6.81. The molecule has 1 N–H and O–H groups in total. The Hall–Kier alpha value is -1.21. The van der Waals surface area contributed by atoms with E-state index in [1.807, 2.05) is 13.0 Å². The number of anilines is 1. The third kappa shape index (κ3) is 4.14. The molecule has 0 radical (unpaired) electrons. The fourth-order valence-corrected chi connectivity index (χ4v) is 3.16. The fourth-order valence-electron chi connectivity index (χ4n) is 1.54. The molecule has 2 aromatic rings. The molecule has 2 aromatic heterocycles. The van der Waals surface area contributed by atoms with Crippen molar-refractivity contribution in [3.05, 3.63) is 17.7 Å². The van der Waals surface area contributed by atoms with Crippen molar-refractivity contribution >= 4 is 29.1 Å². The van der Waals surface area contributed by atoms with Gasteiger partial charge in [0.2, 0.25) is 0 Å². The summed E-state index contributed by atoms with van der Waals surface area (Å²) in [7, 11) is 0. The maximum atomic E-state index is 4.56. The smallest absolute Gasteiger partial charge is 0.176 e. The molecule has 0 spiro atoms. The number of nitrogens with zero attached hydrogens (tertiary/aromatic N) is 4. The van der Waals surface area contributed by atoms with Crippen molar-refractivity contribution in [2.24, 2.45) is 0 Å². The van der Waals surface area contributed by atoms with E-state index < -0.39 is 0 Å². The molecule has 0 aliphatic rings. The first-order valence-corrected chi connectivity index (χ1v) is 7.90. The standard InChI is InChI=1S/C12H17N5S2/c1-4-6-9-15-10(13-5-2)7-11(16-9)18-12-14-8(3)17-19-12/h7H,4-6H2,1-3H3,(H,13,15,16). The molecule has 2 heterocycles. The molecule has 0 amide bonds. The van der Waals surface area contributed by atoms with Gasteiger partial charge in [-0.15, -0.1) is 0 Å². The van der Waals surface area contributed by atoms with E-state index in [1.54, 1.807) is 11.8 Å². The largest absolute Gasteiger partial charge is 0.370 e. The van der Waals surface area contributed by atoms with E-state index in [0.717, 1.165) is 46.2 Å². The van der Waals surface area contributed by atoms with Crippen LogP contribution in [0.3, 0.4) is 0 Å². The lowest BCUT2D eigenvalue weighted by atomic mass is 10.3. The highest BCUT2D eigenvalue weighted by molar-refractivity contribution is 8.00. The Kier molecular flexibility index (Phi) is 5.09. The second-order valence-electron chi connectivity index (χ2n) is 4.00. The molecular weight excluding hydrogens is 278 g/mol. The maximum absolute atomic E-state index is 4.56. The average molecular weight is 295 g/mol.